The topological polar surface area (TPSA) is 20.3 Å². The number of amides is 1. The number of nitrogens with zero attached hydrogens (tertiary/aromatic N) is 1. The smallest absolute Gasteiger partial charge is 0.227 e. The van der Waals surface area contributed by atoms with E-state index in [1.54, 1.807) is 4.90 Å². The van der Waals surface area contributed by atoms with Gasteiger partial charge in [-0.1, -0.05) is 34.2 Å². The maximum atomic E-state index is 10.5. The fourth-order valence-corrected chi connectivity index (χ4v) is 1.96. The van der Waals surface area contributed by atoms with Crippen LogP contribution in [0.2, 0.25) is 0 Å². The summed E-state index contributed by atoms with van der Waals surface area (Å²) >= 11 is 7.73. The number of hydrogen-bond acceptors (Lipinski definition) is 1. The zero-order valence-corrected chi connectivity index (χ0v) is 7.02. The minimum Gasteiger partial charge on any atom is -0.316 e. The van der Waals surface area contributed by atoms with Crippen LogP contribution in [0.15, 0.2) is 0 Å². The summed E-state index contributed by atoms with van der Waals surface area (Å²) in [4.78, 5) is 12.1. The highest BCUT2D eigenvalue weighted by Crippen LogP contribution is 2.22. The first-order chi connectivity index (χ1) is 3.75. The van der Waals surface area contributed by atoms with Gasteiger partial charge in [0.05, 0.1) is 11.0 Å². The first-order valence-electron chi connectivity index (χ1n) is 2.25. The van der Waals surface area contributed by atoms with Crippen molar-refractivity contribution in [3.63, 3.8) is 0 Å². The summed E-state index contributed by atoms with van der Waals surface area (Å²) < 4.78 is 0.713. The van der Waals surface area contributed by atoms with Crippen molar-refractivity contribution in [3.05, 3.63) is 0 Å². The maximum Gasteiger partial charge on any atom is 0.227 e. The molecule has 1 rings (SSSR count). The fourth-order valence-electron chi connectivity index (χ4n) is 0.557. The minimum absolute atomic E-state index is 0.0283. The van der Waals surface area contributed by atoms with Gasteiger partial charge < -0.3 is 4.90 Å². The highest BCUT2D eigenvalue weighted by atomic mass is 127. The average molecular weight is 245 g/mol. The van der Waals surface area contributed by atoms with E-state index in [0.29, 0.717) is 11.0 Å². The first-order valence-corrected chi connectivity index (χ1v) is 4.21. The van der Waals surface area contributed by atoms with Crippen molar-refractivity contribution in [2.75, 3.05) is 4.55 Å². The molecule has 0 N–H and O–H groups in total. The van der Waals surface area contributed by atoms with E-state index in [1.165, 1.54) is 0 Å². The van der Waals surface area contributed by atoms with Gasteiger partial charge in [-0.25, -0.2) is 0 Å². The van der Waals surface area contributed by atoms with Crippen LogP contribution in [0.3, 0.4) is 0 Å². The lowest BCUT2D eigenvalue weighted by Gasteiger charge is -2.34. The lowest BCUT2D eigenvalue weighted by atomic mass is 10.2. The molecule has 1 amide bonds. The van der Waals surface area contributed by atoms with E-state index in [1.807, 2.05) is 0 Å². The molecule has 1 aliphatic rings. The first kappa shape index (κ1) is 6.61. The summed E-state index contributed by atoms with van der Waals surface area (Å²) in [6, 6.07) is 0. The van der Waals surface area contributed by atoms with Gasteiger partial charge in [-0.15, -0.1) is 0 Å². The summed E-state index contributed by atoms with van der Waals surface area (Å²) in [7, 11) is 0. The second kappa shape index (κ2) is 2.39. The van der Waals surface area contributed by atoms with Crippen molar-refractivity contribution >= 4 is 40.1 Å². The average Bonchev–Trinajstić information content (AvgIpc) is 1.67. The Bertz CT molecular complexity index is 119. The van der Waals surface area contributed by atoms with Crippen LogP contribution >= 0.6 is 34.2 Å². The Hall–Kier alpha value is 0.490. The van der Waals surface area contributed by atoms with Gasteiger partial charge >= 0.3 is 0 Å². The van der Waals surface area contributed by atoms with Crippen molar-refractivity contribution < 1.29 is 4.79 Å². The molecule has 8 heavy (non-hydrogen) atoms. The van der Waals surface area contributed by atoms with E-state index in [0.717, 1.165) is 0 Å². The van der Waals surface area contributed by atoms with E-state index < -0.39 is 0 Å². The molecule has 0 spiro atoms. The molecule has 0 radical (unpaired) electrons. The number of rotatable bonds is 1. The van der Waals surface area contributed by atoms with Crippen molar-refractivity contribution in [1.29, 1.82) is 0 Å². The molecule has 1 atom stereocenters. The van der Waals surface area contributed by atoms with Crippen molar-refractivity contribution in [2.45, 2.75) is 11.9 Å². The van der Waals surface area contributed by atoms with Gasteiger partial charge in [0.1, 0.15) is 5.50 Å². The Labute approximate surface area is 66.3 Å². The molecule has 2 nitrogen and oxygen atoms in total. The molecule has 46 valence electrons. The third-order valence-electron chi connectivity index (χ3n) is 1.13. The number of β-lactam (4-membered cyclic amide) rings is 1. The zero-order chi connectivity index (χ0) is 6.15. The maximum absolute atomic E-state index is 10.5. The van der Waals surface area contributed by atoms with Gasteiger partial charge in [-0.2, -0.15) is 0 Å². The Balaban J connectivity index is 2.40. The molecule has 1 heterocycles. The predicted octanol–water partition coefficient (Wildman–Crippen LogP) is 1.18. The summed E-state index contributed by atoms with van der Waals surface area (Å²) in [5.74, 6) is 0.166. The Morgan fingerprint density at radius 1 is 2.00 bits per heavy atom. The van der Waals surface area contributed by atoms with Crippen LogP contribution in [-0.2, 0) is 4.79 Å². The van der Waals surface area contributed by atoms with E-state index in [2.05, 4.69) is 22.6 Å². The molecule has 1 unspecified atom stereocenters. The monoisotopic (exact) mass is 245 g/mol. The molecular formula is C4H5ClINO. The lowest BCUT2D eigenvalue weighted by molar-refractivity contribution is -0.139. The predicted molar refractivity (Wildman–Crippen MR) is 40.0 cm³/mol. The quantitative estimate of drug-likeness (QED) is 0.294. The lowest BCUT2D eigenvalue weighted by Crippen LogP contribution is -2.48. The van der Waals surface area contributed by atoms with Crippen molar-refractivity contribution in [2.24, 2.45) is 0 Å². The number of likely N-dealkylation sites (tertiary alicyclic amines) is 1. The van der Waals surface area contributed by atoms with Gasteiger partial charge in [0.2, 0.25) is 5.91 Å². The highest BCUT2D eigenvalue weighted by molar-refractivity contribution is 14.1. The Morgan fingerprint density at radius 2 is 2.62 bits per heavy atom. The number of carbonyl (C=O) groups excluding carboxylic acids is 1. The Kier molecular flexibility index (Phi) is 1.97. The molecule has 1 aliphatic heterocycles. The summed E-state index contributed by atoms with van der Waals surface area (Å²) in [6.07, 6.45) is 0.518. The third kappa shape index (κ3) is 0.932. The molecule has 0 aliphatic carbocycles. The largest absolute Gasteiger partial charge is 0.316 e. The summed E-state index contributed by atoms with van der Waals surface area (Å²) in [6.45, 7) is 0. The van der Waals surface area contributed by atoms with Crippen LogP contribution in [0.4, 0.5) is 0 Å². The van der Waals surface area contributed by atoms with Crippen molar-refractivity contribution in [3.8, 4) is 0 Å². The normalized spacial score (nSPS) is 28.0. The standard InChI is InChI=1S/C4H5ClINO/c5-3-1-4(8)7(3)2-6/h3H,1-2H2. The second-order valence-corrected chi connectivity index (χ2v) is 2.81. The van der Waals surface area contributed by atoms with Crippen molar-refractivity contribution in [1.82, 2.24) is 4.90 Å². The van der Waals surface area contributed by atoms with E-state index in [9.17, 15) is 4.79 Å². The van der Waals surface area contributed by atoms with Gasteiger partial charge in [-0.3, -0.25) is 4.79 Å². The van der Waals surface area contributed by atoms with Gasteiger partial charge in [-0.05, 0) is 0 Å². The molecule has 0 bridgehead atoms. The Morgan fingerprint density at radius 3 is 2.75 bits per heavy atom. The number of halogens is 2. The number of carbonyl (C=O) groups is 1. The highest BCUT2D eigenvalue weighted by Gasteiger charge is 2.32. The van der Waals surface area contributed by atoms with E-state index in [4.69, 9.17) is 11.6 Å². The molecule has 0 aromatic heterocycles. The molecule has 4 heteroatoms. The SMILES string of the molecule is O=C1CC(Cl)N1CI. The van der Waals surface area contributed by atoms with Crippen LogP contribution in [0.5, 0.6) is 0 Å². The molecule has 1 saturated heterocycles. The van der Waals surface area contributed by atoms with Gasteiger partial charge in [0.25, 0.3) is 0 Å². The summed E-state index contributed by atoms with van der Waals surface area (Å²) in [5, 5.41) is 0. The van der Waals surface area contributed by atoms with Crippen LogP contribution in [0.25, 0.3) is 0 Å². The molecule has 0 aromatic carbocycles. The van der Waals surface area contributed by atoms with E-state index >= 15 is 0 Å². The van der Waals surface area contributed by atoms with Crippen LogP contribution in [-0.4, -0.2) is 20.9 Å². The van der Waals surface area contributed by atoms with Crippen LogP contribution in [0.1, 0.15) is 6.42 Å². The van der Waals surface area contributed by atoms with Gasteiger partial charge in [0.15, 0.2) is 0 Å². The minimum atomic E-state index is -0.0283. The second-order valence-electron chi connectivity index (χ2n) is 1.62. The number of hydrogen-bond donors (Lipinski definition) is 0. The van der Waals surface area contributed by atoms with Crippen LogP contribution < -0.4 is 0 Å². The van der Waals surface area contributed by atoms with Crippen LogP contribution in [0, 0.1) is 0 Å². The van der Waals surface area contributed by atoms with Gasteiger partial charge in [0, 0.05) is 0 Å². The molecular weight excluding hydrogens is 240 g/mol. The zero-order valence-electron chi connectivity index (χ0n) is 4.10. The molecule has 0 aromatic rings. The summed E-state index contributed by atoms with van der Waals surface area (Å²) in [5.41, 5.74) is -0.0283. The third-order valence-corrected chi connectivity index (χ3v) is 2.26. The molecule has 1 fully saturated rings. The van der Waals surface area contributed by atoms with E-state index in [-0.39, 0.29) is 11.4 Å². The molecule has 0 saturated carbocycles. The fraction of sp³-hybridized carbons (Fsp3) is 0.750. The number of alkyl halides is 2.